The maximum absolute atomic E-state index is 12.4. The summed E-state index contributed by atoms with van der Waals surface area (Å²) in [5.74, 6) is 0.228. The molecule has 0 bridgehead atoms. The smallest absolute Gasteiger partial charge is 0.413 e. The van der Waals surface area contributed by atoms with Crippen molar-refractivity contribution in [3.8, 4) is 5.75 Å². The number of amidine groups is 1. The first-order valence-electron chi connectivity index (χ1n) is 7.57. The van der Waals surface area contributed by atoms with Crippen molar-refractivity contribution in [3.05, 3.63) is 48.5 Å². The minimum Gasteiger partial charge on any atom is -0.450 e. The number of amides is 1. The molecule has 1 amide bonds. The third-order valence-corrected chi connectivity index (χ3v) is 5.12. The summed E-state index contributed by atoms with van der Waals surface area (Å²) < 4.78 is 37.6. The minimum absolute atomic E-state index is 0.00907. The van der Waals surface area contributed by atoms with Gasteiger partial charge in [0.2, 0.25) is 0 Å². The summed E-state index contributed by atoms with van der Waals surface area (Å²) in [5.41, 5.74) is 0.969. The number of nitrogens with zero attached hydrogens (tertiary/aromatic N) is 1. The zero-order chi connectivity index (χ0) is 18.6. The summed E-state index contributed by atoms with van der Waals surface area (Å²) in [5, 5.41) is 2.78. The average molecular weight is 393 g/mol. The summed E-state index contributed by atoms with van der Waals surface area (Å²) in [6, 6.07) is 12.6. The van der Waals surface area contributed by atoms with Crippen molar-refractivity contribution in [2.24, 2.45) is 4.99 Å². The van der Waals surface area contributed by atoms with Crippen LogP contribution in [0.15, 0.2) is 58.4 Å². The van der Waals surface area contributed by atoms with Gasteiger partial charge in [0, 0.05) is 11.9 Å². The molecule has 8 nitrogen and oxygen atoms in total. The fraction of sp³-hybridized carbons (Fsp3) is 0.125. The lowest BCUT2D eigenvalue weighted by Gasteiger charge is -2.17. The number of rotatable bonds is 4. The van der Waals surface area contributed by atoms with Gasteiger partial charge in [0.25, 0.3) is 0 Å². The van der Waals surface area contributed by atoms with Crippen molar-refractivity contribution in [2.75, 3.05) is 11.3 Å². The van der Waals surface area contributed by atoms with Crippen LogP contribution in [0.1, 0.15) is 6.92 Å². The monoisotopic (exact) mass is 393 g/mol. The zero-order valence-electron chi connectivity index (χ0n) is 13.6. The van der Waals surface area contributed by atoms with Crippen LogP contribution in [0, 0.1) is 0 Å². The highest BCUT2D eigenvalue weighted by atomic mass is 32.2. The highest BCUT2D eigenvalue weighted by Crippen LogP contribution is 2.34. The van der Waals surface area contributed by atoms with Gasteiger partial charge < -0.3 is 13.6 Å². The SMILES string of the molecule is CCOC(=O)NC1=Nc2ccc(S(=O)(=O)Oc3ccccc3)cc2NS1. The number of ether oxygens (including phenoxy) is 1. The molecule has 2 N–H and O–H groups in total. The highest BCUT2D eigenvalue weighted by molar-refractivity contribution is 8.15. The number of aliphatic imine (C=N–C) groups is 1. The van der Waals surface area contributed by atoms with E-state index in [1.807, 2.05) is 0 Å². The number of carbonyl (C=O) groups is 1. The van der Waals surface area contributed by atoms with Crippen LogP contribution >= 0.6 is 11.9 Å². The predicted octanol–water partition coefficient (Wildman–Crippen LogP) is 3.26. The molecule has 136 valence electrons. The number of alkyl carbamates (subject to hydrolysis) is 1. The van der Waals surface area contributed by atoms with Crippen molar-refractivity contribution >= 4 is 44.7 Å². The first-order chi connectivity index (χ1) is 12.5. The Bertz CT molecular complexity index is 946. The number of hydrogen-bond donors (Lipinski definition) is 2. The third kappa shape index (κ3) is 4.27. The van der Waals surface area contributed by atoms with E-state index in [9.17, 15) is 13.2 Å². The van der Waals surface area contributed by atoms with Gasteiger partial charge in [-0.25, -0.2) is 9.79 Å². The van der Waals surface area contributed by atoms with Crippen LogP contribution in [-0.4, -0.2) is 26.3 Å². The molecule has 0 fully saturated rings. The number of nitrogens with one attached hydrogen (secondary N) is 2. The summed E-state index contributed by atoms with van der Waals surface area (Å²) in [7, 11) is -3.97. The van der Waals surface area contributed by atoms with Gasteiger partial charge in [-0.05, 0) is 37.3 Å². The van der Waals surface area contributed by atoms with Gasteiger partial charge in [0.15, 0.2) is 5.17 Å². The van der Waals surface area contributed by atoms with E-state index in [1.54, 1.807) is 37.3 Å². The second-order valence-corrected chi connectivity index (χ2v) is 7.34. The molecule has 0 saturated carbocycles. The van der Waals surface area contributed by atoms with E-state index in [4.69, 9.17) is 8.92 Å². The van der Waals surface area contributed by atoms with E-state index in [1.165, 1.54) is 18.2 Å². The van der Waals surface area contributed by atoms with Gasteiger partial charge in [-0.15, -0.1) is 0 Å². The predicted molar refractivity (Wildman–Crippen MR) is 99.2 cm³/mol. The quantitative estimate of drug-likeness (QED) is 0.606. The Morgan fingerprint density at radius 1 is 1.23 bits per heavy atom. The number of para-hydroxylation sites is 1. The minimum atomic E-state index is -3.97. The Labute approximate surface area is 154 Å². The standard InChI is InChI=1S/C16H15N3O5S2/c1-2-23-16(20)18-15-17-13-9-8-12(10-14(13)19-25-15)26(21,22)24-11-6-4-3-5-7-11/h3-10,19H,2H2,1H3,(H,17,18,20). The van der Waals surface area contributed by atoms with Gasteiger partial charge in [0.05, 0.1) is 18.0 Å². The molecule has 26 heavy (non-hydrogen) atoms. The summed E-state index contributed by atoms with van der Waals surface area (Å²) >= 11 is 1.04. The van der Waals surface area contributed by atoms with Crippen molar-refractivity contribution < 1.29 is 22.1 Å². The van der Waals surface area contributed by atoms with Crippen LogP contribution in [0.5, 0.6) is 5.75 Å². The highest BCUT2D eigenvalue weighted by Gasteiger charge is 2.21. The lowest BCUT2D eigenvalue weighted by Crippen LogP contribution is -2.30. The molecule has 0 atom stereocenters. The van der Waals surface area contributed by atoms with Crippen molar-refractivity contribution in [2.45, 2.75) is 11.8 Å². The number of hydrogen-bond acceptors (Lipinski definition) is 8. The van der Waals surface area contributed by atoms with Crippen LogP contribution in [0.4, 0.5) is 16.2 Å². The Kier molecular flexibility index (Phi) is 5.33. The summed E-state index contributed by atoms with van der Waals surface area (Å²) in [6.07, 6.45) is -0.612. The second-order valence-electron chi connectivity index (χ2n) is 5.00. The maximum Gasteiger partial charge on any atom is 0.413 e. The number of carbonyl (C=O) groups excluding carboxylic acids is 1. The molecule has 10 heteroatoms. The van der Waals surface area contributed by atoms with E-state index in [-0.39, 0.29) is 17.3 Å². The lowest BCUT2D eigenvalue weighted by molar-refractivity contribution is 0.158. The fourth-order valence-corrected chi connectivity index (χ4v) is 3.65. The molecule has 0 spiro atoms. The molecule has 3 rings (SSSR count). The van der Waals surface area contributed by atoms with E-state index < -0.39 is 16.2 Å². The molecule has 0 radical (unpaired) electrons. The van der Waals surface area contributed by atoms with Crippen LogP contribution in [0.25, 0.3) is 0 Å². The number of anilines is 1. The van der Waals surface area contributed by atoms with Gasteiger partial charge in [0.1, 0.15) is 10.6 Å². The van der Waals surface area contributed by atoms with Gasteiger partial charge >= 0.3 is 16.2 Å². The molecular weight excluding hydrogens is 378 g/mol. The van der Waals surface area contributed by atoms with Gasteiger partial charge in [-0.2, -0.15) is 8.42 Å². The maximum atomic E-state index is 12.4. The van der Waals surface area contributed by atoms with Gasteiger partial charge in [-0.1, -0.05) is 18.2 Å². The fourth-order valence-electron chi connectivity index (χ4n) is 2.04. The van der Waals surface area contributed by atoms with E-state index in [2.05, 4.69) is 15.0 Å². The topological polar surface area (TPSA) is 106 Å². The van der Waals surface area contributed by atoms with Crippen LogP contribution in [-0.2, 0) is 14.9 Å². The van der Waals surface area contributed by atoms with E-state index >= 15 is 0 Å². The van der Waals surface area contributed by atoms with E-state index in [0.29, 0.717) is 16.5 Å². The Hall–Kier alpha value is -2.72. The molecule has 1 aliphatic rings. The van der Waals surface area contributed by atoms with Crippen molar-refractivity contribution in [1.29, 1.82) is 0 Å². The third-order valence-electron chi connectivity index (χ3n) is 3.17. The normalized spacial score (nSPS) is 13.0. The molecule has 0 unspecified atom stereocenters. The van der Waals surface area contributed by atoms with Gasteiger partial charge in [-0.3, -0.25) is 5.32 Å². The molecule has 0 aliphatic carbocycles. The average Bonchev–Trinajstić information content (AvgIpc) is 2.62. The van der Waals surface area contributed by atoms with Crippen molar-refractivity contribution in [1.82, 2.24) is 5.32 Å². The Morgan fingerprint density at radius 2 is 2.00 bits per heavy atom. The van der Waals surface area contributed by atoms with Crippen molar-refractivity contribution in [3.63, 3.8) is 0 Å². The largest absolute Gasteiger partial charge is 0.450 e. The summed E-state index contributed by atoms with van der Waals surface area (Å²) in [4.78, 5) is 15.7. The summed E-state index contributed by atoms with van der Waals surface area (Å²) in [6.45, 7) is 1.94. The molecule has 0 aromatic heterocycles. The Morgan fingerprint density at radius 3 is 2.73 bits per heavy atom. The molecule has 2 aromatic rings. The lowest BCUT2D eigenvalue weighted by atomic mass is 10.3. The molecule has 1 aliphatic heterocycles. The molecule has 1 heterocycles. The number of fused-ring (bicyclic) bond motifs is 1. The Balaban J connectivity index is 1.80. The molecule has 0 saturated heterocycles. The van der Waals surface area contributed by atoms with Crippen LogP contribution in [0.3, 0.4) is 0 Å². The van der Waals surface area contributed by atoms with E-state index in [0.717, 1.165) is 11.9 Å². The second kappa shape index (κ2) is 7.67. The molecule has 2 aromatic carbocycles. The van der Waals surface area contributed by atoms with Crippen LogP contribution < -0.4 is 14.2 Å². The number of benzene rings is 2. The zero-order valence-corrected chi connectivity index (χ0v) is 15.3. The first-order valence-corrected chi connectivity index (χ1v) is 9.79. The molecular formula is C16H15N3O5S2. The van der Waals surface area contributed by atoms with Crippen LogP contribution in [0.2, 0.25) is 0 Å². The first kappa shape index (κ1) is 18.1.